The highest BCUT2D eigenvalue weighted by molar-refractivity contribution is 5.36. The fourth-order valence-electron chi connectivity index (χ4n) is 2.55. The fraction of sp³-hybridized carbons (Fsp3) is 0.769. The molecule has 1 aromatic heterocycles. The normalized spacial score (nSPS) is 17.3. The molecule has 0 saturated carbocycles. The third-order valence-corrected chi connectivity index (χ3v) is 3.56. The summed E-state index contributed by atoms with van der Waals surface area (Å²) in [7, 11) is 1.99. The second-order valence-corrected chi connectivity index (χ2v) is 5.06. The Morgan fingerprint density at radius 2 is 2.24 bits per heavy atom. The number of hydrogen-bond donors (Lipinski definition) is 2. The quantitative estimate of drug-likeness (QED) is 0.768. The number of aryl methyl sites for hydroxylation is 2. The van der Waals surface area contributed by atoms with E-state index < -0.39 is 0 Å². The Bertz CT molecular complexity index is 339. The molecule has 1 aliphatic rings. The average molecular weight is 236 g/mol. The minimum atomic E-state index is 0.936. The molecule has 96 valence electrons. The fourth-order valence-corrected chi connectivity index (χ4v) is 2.55. The first-order valence-electron chi connectivity index (χ1n) is 6.71. The first-order valence-corrected chi connectivity index (χ1v) is 6.71. The third kappa shape index (κ3) is 3.73. The monoisotopic (exact) mass is 236 g/mol. The number of nitrogens with zero attached hydrogens (tertiary/aromatic N) is 2. The van der Waals surface area contributed by atoms with Gasteiger partial charge < -0.3 is 10.6 Å². The summed E-state index contributed by atoms with van der Waals surface area (Å²) in [6, 6.07) is 2.10. The van der Waals surface area contributed by atoms with Crippen LogP contribution in [0.1, 0.15) is 31.4 Å². The molecule has 2 rings (SSSR count). The molecule has 17 heavy (non-hydrogen) atoms. The van der Waals surface area contributed by atoms with E-state index in [1.54, 1.807) is 0 Å². The van der Waals surface area contributed by atoms with Crippen LogP contribution < -0.4 is 10.6 Å². The molecule has 0 spiro atoms. The van der Waals surface area contributed by atoms with Gasteiger partial charge in [-0.25, -0.2) is 0 Å². The second-order valence-electron chi connectivity index (χ2n) is 5.06. The number of nitrogens with one attached hydrogen (secondary N) is 2. The summed E-state index contributed by atoms with van der Waals surface area (Å²) in [4.78, 5) is 0. The van der Waals surface area contributed by atoms with Crippen LogP contribution in [0, 0.1) is 12.8 Å². The number of anilines is 1. The lowest BCUT2D eigenvalue weighted by atomic mass is 9.93. The lowest BCUT2D eigenvalue weighted by molar-refractivity contribution is 0.350. The number of rotatable bonds is 5. The van der Waals surface area contributed by atoms with Crippen molar-refractivity contribution in [1.29, 1.82) is 0 Å². The molecule has 1 saturated heterocycles. The van der Waals surface area contributed by atoms with Crippen LogP contribution in [0.25, 0.3) is 0 Å². The van der Waals surface area contributed by atoms with Gasteiger partial charge in [-0.05, 0) is 51.6 Å². The van der Waals surface area contributed by atoms with Crippen molar-refractivity contribution in [2.75, 3.05) is 25.0 Å². The van der Waals surface area contributed by atoms with Gasteiger partial charge in [0, 0.05) is 19.7 Å². The molecule has 2 N–H and O–H groups in total. The van der Waals surface area contributed by atoms with Gasteiger partial charge in [0.25, 0.3) is 0 Å². The van der Waals surface area contributed by atoms with Crippen molar-refractivity contribution in [3.63, 3.8) is 0 Å². The molecule has 1 fully saturated rings. The molecule has 0 bridgehead atoms. The van der Waals surface area contributed by atoms with Crippen LogP contribution in [0.4, 0.5) is 5.82 Å². The van der Waals surface area contributed by atoms with Crippen molar-refractivity contribution < 1.29 is 0 Å². The highest BCUT2D eigenvalue weighted by atomic mass is 15.3. The predicted octanol–water partition coefficient (Wildman–Crippen LogP) is 1.92. The molecule has 1 aromatic rings. The van der Waals surface area contributed by atoms with Gasteiger partial charge in [0.05, 0.1) is 5.69 Å². The largest absolute Gasteiger partial charge is 0.370 e. The van der Waals surface area contributed by atoms with Crippen molar-refractivity contribution in [3.05, 3.63) is 11.8 Å². The van der Waals surface area contributed by atoms with E-state index in [0.717, 1.165) is 24.0 Å². The molecule has 0 atom stereocenters. The Labute approximate surface area is 104 Å². The van der Waals surface area contributed by atoms with Gasteiger partial charge in [0.15, 0.2) is 0 Å². The number of aromatic nitrogens is 2. The van der Waals surface area contributed by atoms with E-state index in [1.807, 2.05) is 18.7 Å². The number of hydrogen-bond acceptors (Lipinski definition) is 3. The molecular formula is C13H24N4. The zero-order valence-electron chi connectivity index (χ0n) is 11.0. The average Bonchev–Trinajstić information content (AvgIpc) is 2.65. The first-order chi connectivity index (χ1) is 8.25. The van der Waals surface area contributed by atoms with Crippen LogP contribution in [-0.4, -0.2) is 29.4 Å². The van der Waals surface area contributed by atoms with E-state index >= 15 is 0 Å². The van der Waals surface area contributed by atoms with Gasteiger partial charge in [0.2, 0.25) is 0 Å². The van der Waals surface area contributed by atoms with Crippen molar-refractivity contribution in [2.24, 2.45) is 13.0 Å². The summed E-state index contributed by atoms with van der Waals surface area (Å²) in [5.74, 6) is 2.07. The summed E-state index contributed by atoms with van der Waals surface area (Å²) in [5.41, 5.74) is 1.08. The van der Waals surface area contributed by atoms with Crippen LogP contribution in [0.3, 0.4) is 0 Å². The highest BCUT2D eigenvalue weighted by Crippen LogP contribution is 2.17. The van der Waals surface area contributed by atoms with E-state index in [2.05, 4.69) is 21.8 Å². The van der Waals surface area contributed by atoms with E-state index in [0.29, 0.717) is 0 Å². The topological polar surface area (TPSA) is 41.9 Å². The SMILES string of the molecule is Cc1cc(NCCCC2CCNCC2)n(C)n1. The zero-order valence-corrected chi connectivity index (χ0v) is 11.0. The highest BCUT2D eigenvalue weighted by Gasteiger charge is 2.12. The molecule has 0 radical (unpaired) electrons. The molecule has 0 unspecified atom stereocenters. The van der Waals surface area contributed by atoms with Gasteiger partial charge in [-0.3, -0.25) is 4.68 Å². The molecular weight excluding hydrogens is 212 g/mol. The predicted molar refractivity (Wildman–Crippen MR) is 71.3 cm³/mol. The maximum Gasteiger partial charge on any atom is 0.124 e. The lowest BCUT2D eigenvalue weighted by Crippen LogP contribution is -2.27. The van der Waals surface area contributed by atoms with Crippen molar-refractivity contribution in [3.8, 4) is 0 Å². The maximum atomic E-state index is 4.33. The van der Waals surface area contributed by atoms with Crippen LogP contribution in [0.2, 0.25) is 0 Å². The summed E-state index contributed by atoms with van der Waals surface area (Å²) >= 11 is 0. The van der Waals surface area contributed by atoms with E-state index in [-0.39, 0.29) is 0 Å². The molecule has 4 heteroatoms. The number of piperidine rings is 1. The van der Waals surface area contributed by atoms with E-state index in [4.69, 9.17) is 0 Å². The molecule has 0 aromatic carbocycles. The first kappa shape index (κ1) is 12.4. The summed E-state index contributed by atoms with van der Waals surface area (Å²) in [6.07, 6.45) is 5.32. The Kier molecular flexibility index (Phi) is 4.42. The van der Waals surface area contributed by atoms with Gasteiger partial charge in [-0.2, -0.15) is 5.10 Å². The van der Waals surface area contributed by atoms with Gasteiger partial charge in [-0.15, -0.1) is 0 Å². The zero-order chi connectivity index (χ0) is 12.1. The smallest absolute Gasteiger partial charge is 0.124 e. The minimum absolute atomic E-state index is 0.936. The maximum absolute atomic E-state index is 4.33. The van der Waals surface area contributed by atoms with Gasteiger partial charge in [-0.1, -0.05) is 0 Å². The third-order valence-electron chi connectivity index (χ3n) is 3.56. The van der Waals surface area contributed by atoms with Crippen molar-refractivity contribution >= 4 is 5.82 Å². The van der Waals surface area contributed by atoms with Gasteiger partial charge in [0.1, 0.15) is 5.82 Å². The molecule has 0 amide bonds. The standard InChI is InChI=1S/C13H24N4/c1-11-10-13(17(2)16-11)15-7-3-4-12-5-8-14-9-6-12/h10,12,14-15H,3-9H2,1-2H3. The minimum Gasteiger partial charge on any atom is -0.370 e. The lowest BCUT2D eigenvalue weighted by Gasteiger charge is -2.22. The molecule has 4 nitrogen and oxygen atoms in total. The van der Waals surface area contributed by atoms with E-state index in [1.165, 1.54) is 38.8 Å². The second kappa shape index (κ2) is 6.05. The Morgan fingerprint density at radius 1 is 1.47 bits per heavy atom. The van der Waals surface area contributed by atoms with E-state index in [9.17, 15) is 0 Å². The van der Waals surface area contributed by atoms with Crippen LogP contribution >= 0.6 is 0 Å². The van der Waals surface area contributed by atoms with Crippen LogP contribution in [0.15, 0.2) is 6.07 Å². The van der Waals surface area contributed by atoms with Gasteiger partial charge >= 0.3 is 0 Å². The van der Waals surface area contributed by atoms with Crippen LogP contribution in [-0.2, 0) is 7.05 Å². The molecule has 2 heterocycles. The van der Waals surface area contributed by atoms with Crippen LogP contribution in [0.5, 0.6) is 0 Å². The van der Waals surface area contributed by atoms with Crippen molar-refractivity contribution in [2.45, 2.75) is 32.6 Å². The summed E-state index contributed by atoms with van der Waals surface area (Å²) < 4.78 is 1.92. The Morgan fingerprint density at radius 3 is 2.88 bits per heavy atom. The van der Waals surface area contributed by atoms with Crippen molar-refractivity contribution in [1.82, 2.24) is 15.1 Å². The molecule has 0 aliphatic carbocycles. The molecule has 1 aliphatic heterocycles. The summed E-state index contributed by atoms with van der Waals surface area (Å²) in [6.45, 7) is 5.50. The Balaban J connectivity index is 1.64. The summed E-state index contributed by atoms with van der Waals surface area (Å²) in [5, 5.41) is 11.2. The Hall–Kier alpha value is -1.03.